The number of piperidine rings is 1. The second-order valence-electron chi connectivity index (χ2n) is 8.47. The molecule has 1 heterocycles. The van der Waals surface area contributed by atoms with Gasteiger partial charge in [-0.3, -0.25) is 0 Å². The molecule has 4 rings (SSSR count). The Morgan fingerprint density at radius 3 is 2.69 bits per heavy atom. The van der Waals surface area contributed by atoms with Gasteiger partial charge < -0.3 is 19.5 Å². The van der Waals surface area contributed by atoms with E-state index in [2.05, 4.69) is 6.07 Å². The van der Waals surface area contributed by atoms with Crippen LogP contribution in [0.3, 0.4) is 0 Å². The van der Waals surface area contributed by atoms with Gasteiger partial charge in [0.25, 0.3) is 0 Å². The van der Waals surface area contributed by atoms with E-state index in [1.807, 2.05) is 24.3 Å². The molecule has 0 amide bonds. The second kappa shape index (κ2) is 8.33. The van der Waals surface area contributed by atoms with Crippen molar-refractivity contribution in [2.24, 2.45) is 5.92 Å². The number of hydrogen-bond acceptors (Lipinski definition) is 3. The van der Waals surface area contributed by atoms with Crippen LogP contribution >= 0.6 is 0 Å². The Morgan fingerprint density at radius 1 is 1.10 bits per heavy atom. The van der Waals surface area contributed by atoms with Gasteiger partial charge in [0.15, 0.2) is 0 Å². The van der Waals surface area contributed by atoms with Crippen LogP contribution in [0, 0.1) is 11.7 Å². The van der Waals surface area contributed by atoms with E-state index >= 15 is 0 Å². The van der Waals surface area contributed by atoms with Gasteiger partial charge >= 0.3 is 0 Å². The van der Waals surface area contributed by atoms with Crippen molar-refractivity contribution in [2.45, 2.75) is 50.3 Å². The maximum Gasteiger partial charge on any atom is 0.132 e. The number of aliphatic hydroxyl groups is 1. The highest BCUT2D eigenvalue weighted by molar-refractivity contribution is 5.42. The summed E-state index contributed by atoms with van der Waals surface area (Å²) in [5, 5.41) is 11.5. The fraction of sp³-hybridized carbons (Fsp3) is 0.500. The van der Waals surface area contributed by atoms with Crippen LogP contribution in [0.2, 0.25) is 0 Å². The number of likely N-dealkylation sites (tertiary alicyclic amines) is 1. The molecular weight excluding hydrogens is 369 g/mol. The van der Waals surface area contributed by atoms with Crippen LogP contribution in [-0.2, 0) is 6.54 Å². The first kappa shape index (κ1) is 20.2. The number of ether oxygens (including phenoxy) is 2. The Kier molecular flexibility index (Phi) is 5.79. The molecule has 0 bridgehead atoms. The SMILES string of the molecule is COc1ccc([C@H]2[C@H]3CCCC[C@@]3(O)CC[NH+]2Cc2ccccc2F)c(OC)c1. The Hall–Kier alpha value is -2.11. The number of benzene rings is 2. The average Bonchev–Trinajstić information content (AvgIpc) is 2.75. The van der Waals surface area contributed by atoms with Crippen LogP contribution < -0.4 is 14.4 Å². The van der Waals surface area contributed by atoms with Gasteiger partial charge in [0.05, 0.1) is 31.9 Å². The summed E-state index contributed by atoms with van der Waals surface area (Å²) in [4.78, 5) is 1.29. The number of hydrogen-bond donors (Lipinski definition) is 2. The van der Waals surface area contributed by atoms with Gasteiger partial charge in [0, 0.05) is 24.0 Å². The zero-order valence-corrected chi connectivity index (χ0v) is 17.3. The fourth-order valence-electron chi connectivity index (χ4n) is 5.45. The summed E-state index contributed by atoms with van der Waals surface area (Å²) >= 11 is 0. The van der Waals surface area contributed by atoms with Crippen molar-refractivity contribution in [2.75, 3.05) is 20.8 Å². The minimum absolute atomic E-state index is 0.0505. The topological polar surface area (TPSA) is 43.1 Å². The summed E-state index contributed by atoms with van der Waals surface area (Å²) in [7, 11) is 3.31. The van der Waals surface area contributed by atoms with Gasteiger partial charge in [-0.15, -0.1) is 0 Å². The largest absolute Gasteiger partial charge is 0.497 e. The number of quaternary nitrogens is 1. The third kappa shape index (κ3) is 3.86. The van der Waals surface area contributed by atoms with Crippen LogP contribution in [0.1, 0.15) is 49.3 Å². The molecule has 4 nitrogen and oxygen atoms in total. The Bertz CT molecular complexity index is 858. The minimum Gasteiger partial charge on any atom is -0.497 e. The summed E-state index contributed by atoms with van der Waals surface area (Å²) in [5.41, 5.74) is 1.15. The number of nitrogens with one attached hydrogen (secondary N) is 1. The summed E-state index contributed by atoms with van der Waals surface area (Å²) in [6, 6.07) is 13.0. The molecule has 1 aliphatic heterocycles. The molecule has 2 fully saturated rings. The molecule has 4 atom stereocenters. The molecule has 1 saturated carbocycles. The zero-order valence-electron chi connectivity index (χ0n) is 17.3. The first-order valence-corrected chi connectivity index (χ1v) is 10.6. The quantitative estimate of drug-likeness (QED) is 0.809. The second-order valence-corrected chi connectivity index (χ2v) is 8.47. The molecule has 156 valence electrons. The van der Waals surface area contributed by atoms with Crippen molar-refractivity contribution >= 4 is 0 Å². The van der Waals surface area contributed by atoms with Crippen molar-refractivity contribution < 1.29 is 23.9 Å². The Balaban J connectivity index is 1.76. The number of fused-ring (bicyclic) bond motifs is 1. The van der Waals surface area contributed by atoms with Crippen LogP contribution in [0.4, 0.5) is 4.39 Å². The van der Waals surface area contributed by atoms with Gasteiger partial charge in [-0.1, -0.05) is 31.0 Å². The molecule has 2 aromatic carbocycles. The molecule has 1 unspecified atom stereocenters. The summed E-state index contributed by atoms with van der Waals surface area (Å²) in [6.07, 6.45) is 4.78. The van der Waals surface area contributed by atoms with Crippen LogP contribution in [0.5, 0.6) is 11.5 Å². The standard InChI is InChI=1S/C24H30FNO3/c1-28-18-10-11-19(22(15-18)29-2)23-20-8-5-6-12-24(20,27)13-14-26(23)16-17-7-3-4-9-21(17)25/h3-4,7,9-11,15,20,23,27H,5-6,8,12-14,16H2,1-2H3/p+1/t20-,23+,24-/m1/s1. The average molecular weight is 401 g/mol. The van der Waals surface area contributed by atoms with Gasteiger partial charge in [-0.2, -0.15) is 0 Å². The van der Waals surface area contributed by atoms with Crippen LogP contribution in [0.15, 0.2) is 42.5 Å². The van der Waals surface area contributed by atoms with Gasteiger partial charge in [-0.25, -0.2) is 4.39 Å². The highest BCUT2D eigenvalue weighted by Gasteiger charge is 2.52. The van der Waals surface area contributed by atoms with E-state index in [0.717, 1.165) is 61.3 Å². The van der Waals surface area contributed by atoms with Crippen molar-refractivity contribution in [1.29, 1.82) is 0 Å². The third-order valence-corrected chi connectivity index (χ3v) is 6.94. The van der Waals surface area contributed by atoms with E-state index in [4.69, 9.17) is 9.47 Å². The van der Waals surface area contributed by atoms with E-state index in [9.17, 15) is 9.50 Å². The maximum atomic E-state index is 14.4. The van der Waals surface area contributed by atoms with E-state index in [1.54, 1.807) is 20.3 Å². The minimum atomic E-state index is -0.646. The molecule has 5 heteroatoms. The van der Waals surface area contributed by atoms with Crippen LogP contribution in [-0.4, -0.2) is 31.5 Å². The predicted molar refractivity (Wildman–Crippen MR) is 110 cm³/mol. The normalized spacial score (nSPS) is 29.2. The Morgan fingerprint density at radius 2 is 1.93 bits per heavy atom. The predicted octanol–water partition coefficient (Wildman–Crippen LogP) is 3.29. The smallest absolute Gasteiger partial charge is 0.132 e. The van der Waals surface area contributed by atoms with Crippen molar-refractivity contribution in [3.63, 3.8) is 0 Å². The zero-order chi connectivity index (χ0) is 20.4. The molecule has 1 saturated heterocycles. The molecule has 2 aliphatic rings. The summed E-state index contributed by atoms with van der Waals surface area (Å²) in [6.45, 7) is 1.40. The fourth-order valence-corrected chi connectivity index (χ4v) is 5.45. The molecule has 2 N–H and O–H groups in total. The molecule has 1 aliphatic carbocycles. The lowest BCUT2D eigenvalue weighted by atomic mass is 9.66. The summed E-state index contributed by atoms with van der Waals surface area (Å²) in [5.74, 6) is 1.49. The highest BCUT2D eigenvalue weighted by atomic mass is 19.1. The lowest BCUT2D eigenvalue weighted by Gasteiger charge is -2.50. The van der Waals surface area contributed by atoms with E-state index < -0.39 is 5.60 Å². The van der Waals surface area contributed by atoms with Crippen molar-refractivity contribution in [1.82, 2.24) is 0 Å². The number of rotatable bonds is 5. The van der Waals surface area contributed by atoms with E-state index in [0.29, 0.717) is 6.54 Å². The third-order valence-electron chi connectivity index (χ3n) is 6.94. The Labute approximate surface area is 172 Å². The maximum absolute atomic E-state index is 14.4. The molecular formula is C24H31FNO3+. The van der Waals surface area contributed by atoms with Crippen LogP contribution in [0.25, 0.3) is 0 Å². The lowest BCUT2D eigenvalue weighted by molar-refractivity contribution is -0.958. The molecule has 0 aromatic heterocycles. The molecule has 29 heavy (non-hydrogen) atoms. The summed E-state index contributed by atoms with van der Waals surface area (Å²) < 4.78 is 25.5. The monoisotopic (exact) mass is 400 g/mol. The van der Waals surface area contributed by atoms with Gasteiger partial charge in [-0.05, 0) is 31.0 Å². The number of halogens is 1. The van der Waals surface area contributed by atoms with Crippen molar-refractivity contribution in [3.8, 4) is 11.5 Å². The van der Waals surface area contributed by atoms with E-state index in [-0.39, 0.29) is 17.8 Å². The molecule has 0 radical (unpaired) electrons. The first-order valence-electron chi connectivity index (χ1n) is 10.6. The molecule has 2 aromatic rings. The first-order chi connectivity index (χ1) is 14.1. The van der Waals surface area contributed by atoms with Gasteiger partial charge in [0.2, 0.25) is 0 Å². The van der Waals surface area contributed by atoms with E-state index in [1.165, 1.54) is 11.0 Å². The highest BCUT2D eigenvalue weighted by Crippen LogP contribution is 2.46. The van der Waals surface area contributed by atoms with Crippen molar-refractivity contribution in [3.05, 3.63) is 59.4 Å². The lowest BCUT2D eigenvalue weighted by Crippen LogP contribution is -3.13. The molecule has 0 spiro atoms. The number of methoxy groups -OCH3 is 2. The van der Waals surface area contributed by atoms with Gasteiger partial charge in [0.1, 0.15) is 29.9 Å².